The van der Waals surface area contributed by atoms with Gasteiger partial charge in [-0.05, 0) is 31.2 Å². The van der Waals surface area contributed by atoms with Crippen LogP contribution in [0.25, 0.3) is 0 Å². The molecule has 1 saturated carbocycles. The van der Waals surface area contributed by atoms with Gasteiger partial charge in [0, 0.05) is 12.6 Å². The van der Waals surface area contributed by atoms with Crippen LogP contribution < -0.4 is 5.32 Å². The van der Waals surface area contributed by atoms with E-state index in [9.17, 15) is 5.26 Å². The van der Waals surface area contributed by atoms with Crippen LogP contribution >= 0.6 is 0 Å². The fraction of sp³-hybridized carbons (Fsp3) is 0.562. The van der Waals surface area contributed by atoms with Crippen LogP contribution in [0.15, 0.2) is 30.3 Å². The summed E-state index contributed by atoms with van der Waals surface area (Å²) in [5.74, 6) is 0.773. The molecule has 0 saturated heterocycles. The monoisotopic (exact) mass is 242 g/mol. The van der Waals surface area contributed by atoms with Gasteiger partial charge in [0.1, 0.15) is 0 Å². The third-order valence-electron chi connectivity index (χ3n) is 4.11. The summed E-state index contributed by atoms with van der Waals surface area (Å²) in [4.78, 5) is 0. The van der Waals surface area contributed by atoms with E-state index in [4.69, 9.17) is 0 Å². The van der Waals surface area contributed by atoms with E-state index in [1.54, 1.807) is 0 Å². The van der Waals surface area contributed by atoms with Gasteiger partial charge in [-0.25, -0.2) is 0 Å². The summed E-state index contributed by atoms with van der Waals surface area (Å²) in [6.45, 7) is 3.02. The maximum absolute atomic E-state index is 9.27. The molecule has 0 bridgehead atoms. The van der Waals surface area contributed by atoms with Gasteiger partial charge in [0.15, 0.2) is 0 Å². The fourth-order valence-electron chi connectivity index (χ4n) is 2.85. The average Bonchev–Trinajstić information content (AvgIpc) is 2.94. The number of rotatable bonds is 5. The molecule has 2 nitrogen and oxygen atoms in total. The Kier molecular flexibility index (Phi) is 4.78. The molecule has 1 aromatic rings. The Morgan fingerprint density at radius 3 is 2.56 bits per heavy atom. The van der Waals surface area contributed by atoms with Crippen LogP contribution in [0.4, 0.5) is 0 Å². The standard InChI is InChI=1S/C16H22N2/c1-13(14-7-5-6-8-14)18-12-16(11-17)15-9-3-2-4-10-15/h2-4,9-10,13-14,16,18H,5-8,12H2,1H3. The van der Waals surface area contributed by atoms with Crippen molar-refractivity contribution in [3.63, 3.8) is 0 Å². The molecule has 0 spiro atoms. The maximum atomic E-state index is 9.27. The van der Waals surface area contributed by atoms with Crippen molar-refractivity contribution in [2.75, 3.05) is 6.54 Å². The maximum Gasteiger partial charge on any atom is 0.0837 e. The van der Waals surface area contributed by atoms with Crippen LogP contribution in [-0.4, -0.2) is 12.6 Å². The largest absolute Gasteiger partial charge is 0.312 e. The summed E-state index contributed by atoms with van der Waals surface area (Å²) < 4.78 is 0. The molecule has 0 heterocycles. The molecule has 0 amide bonds. The Morgan fingerprint density at radius 2 is 1.94 bits per heavy atom. The highest BCUT2D eigenvalue weighted by Crippen LogP contribution is 2.27. The second-order valence-electron chi connectivity index (χ2n) is 5.33. The molecular weight excluding hydrogens is 220 g/mol. The van der Waals surface area contributed by atoms with Crippen LogP contribution in [0.1, 0.15) is 44.1 Å². The molecule has 2 unspecified atom stereocenters. The smallest absolute Gasteiger partial charge is 0.0837 e. The summed E-state index contributed by atoms with van der Waals surface area (Å²) in [7, 11) is 0. The number of nitrogens with zero attached hydrogens (tertiary/aromatic N) is 1. The van der Waals surface area contributed by atoms with Gasteiger partial charge < -0.3 is 5.32 Å². The molecule has 2 rings (SSSR count). The molecule has 0 aromatic heterocycles. The van der Waals surface area contributed by atoms with Gasteiger partial charge in [0.2, 0.25) is 0 Å². The highest BCUT2D eigenvalue weighted by molar-refractivity contribution is 5.25. The zero-order chi connectivity index (χ0) is 12.8. The molecule has 1 fully saturated rings. The van der Waals surface area contributed by atoms with Crippen LogP contribution in [0.5, 0.6) is 0 Å². The first-order chi connectivity index (χ1) is 8.81. The van der Waals surface area contributed by atoms with Crippen LogP contribution in [0.3, 0.4) is 0 Å². The first-order valence-corrected chi connectivity index (χ1v) is 6.99. The molecule has 2 heteroatoms. The molecule has 1 aromatic carbocycles. The summed E-state index contributed by atoms with van der Waals surface area (Å²) in [5, 5.41) is 12.8. The molecule has 96 valence electrons. The lowest BCUT2D eigenvalue weighted by Crippen LogP contribution is -2.35. The van der Waals surface area contributed by atoms with Crippen molar-refractivity contribution in [3.8, 4) is 6.07 Å². The van der Waals surface area contributed by atoms with Gasteiger partial charge >= 0.3 is 0 Å². The average molecular weight is 242 g/mol. The van der Waals surface area contributed by atoms with Crippen LogP contribution in [-0.2, 0) is 0 Å². The van der Waals surface area contributed by atoms with Crippen molar-refractivity contribution in [2.24, 2.45) is 5.92 Å². The quantitative estimate of drug-likeness (QED) is 0.858. The van der Waals surface area contributed by atoms with Crippen molar-refractivity contribution >= 4 is 0 Å². The second kappa shape index (κ2) is 6.56. The Morgan fingerprint density at radius 1 is 1.28 bits per heavy atom. The van der Waals surface area contributed by atoms with E-state index >= 15 is 0 Å². The molecule has 18 heavy (non-hydrogen) atoms. The lowest BCUT2D eigenvalue weighted by atomic mass is 9.97. The van der Waals surface area contributed by atoms with E-state index in [1.807, 2.05) is 30.3 Å². The highest BCUT2D eigenvalue weighted by atomic mass is 14.9. The minimum Gasteiger partial charge on any atom is -0.312 e. The van der Waals surface area contributed by atoms with Crippen molar-refractivity contribution in [1.82, 2.24) is 5.32 Å². The normalized spacial score (nSPS) is 19.3. The van der Waals surface area contributed by atoms with E-state index in [0.29, 0.717) is 6.04 Å². The lowest BCUT2D eigenvalue weighted by molar-refractivity contribution is 0.380. The van der Waals surface area contributed by atoms with Crippen molar-refractivity contribution < 1.29 is 0 Å². The Balaban J connectivity index is 1.86. The van der Waals surface area contributed by atoms with Gasteiger partial charge in [-0.2, -0.15) is 5.26 Å². The first-order valence-electron chi connectivity index (χ1n) is 6.99. The van der Waals surface area contributed by atoms with Gasteiger partial charge in [0.05, 0.1) is 12.0 Å². The number of nitrogens with one attached hydrogen (secondary N) is 1. The lowest BCUT2D eigenvalue weighted by Gasteiger charge is -2.22. The van der Waals surface area contributed by atoms with E-state index in [2.05, 4.69) is 18.3 Å². The summed E-state index contributed by atoms with van der Waals surface area (Å²) in [6.07, 6.45) is 5.43. The fourth-order valence-corrected chi connectivity index (χ4v) is 2.85. The van der Waals surface area contributed by atoms with Gasteiger partial charge in [0.25, 0.3) is 0 Å². The van der Waals surface area contributed by atoms with Crippen molar-refractivity contribution in [1.29, 1.82) is 5.26 Å². The van der Waals surface area contributed by atoms with Crippen molar-refractivity contribution in [3.05, 3.63) is 35.9 Å². The first kappa shape index (κ1) is 13.1. The molecule has 0 aliphatic heterocycles. The summed E-state index contributed by atoms with van der Waals surface area (Å²) in [5.41, 5.74) is 1.12. The summed E-state index contributed by atoms with van der Waals surface area (Å²) in [6, 6.07) is 13.0. The molecule has 2 atom stereocenters. The summed E-state index contributed by atoms with van der Waals surface area (Å²) >= 11 is 0. The van der Waals surface area contributed by atoms with Crippen molar-refractivity contribution in [2.45, 2.75) is 44.6 Å². The number of benzene rings is 1. The second-order valence-corrected chi connectivity index (χ2v) is 5.33. The zero-order valence-electron chi connectivity index (χ0n) is 11.1. The number of hydrogen-bond acceptors (Lipinski definition) is 2. The van der Waals surface area contributed by atoms with E-state index in [0.717, 1.165) is 18.0 Å². The topological polar surface area (TPSA) is 35.8 Å². The third-order valence-corrected chi connectivity index (χ3v) is 4.11. The predicted octanol–water partition coefficient (Wildman–Crippen LogP) is 3.46. The zero-order valence-corrected chi connectivity index (χ0v) is 11.1. The molecule has 1 aliphatic rings. The van der Waals surface area contributed by atoms with Crippen LogP contribution in [0.2, 0.25) is 0 Å². The van der Waals surface area contributed by atoms with Gasteiger partial charge in [-0.1, -0.05) is 43.2 Å². The van der Waals surface area contributed by atoms with Gasteiger partial charge in [-0.3, -0.25) is 0 Å². The molecular formula is C16H22N2. The van der Waals surface area contributed by atoms with E-state index < -0.39 is 0 Å². The molecule has 1 N–H and O–H groups in total. The minimum absolute atomic E-state index is 0.0324. The predicted molar refractivity (Wildman–Crippen MR) is 74.2 cm³/mol. The highest BCUT2D eigenvalue weighted by Gasteiger charge is 2.22. The number of hydrogen-bond donors (Lipinski definition) is 1. The minimum atomic E-state index is -0.0324. The van der Waals surface area contributed by atoms with E-state index in [-0.39, 0.29) is 5.92 Å². The van der Waals surface area contributed by atoms with Crippen LogP contribution in [0, 0.1) is 17.2 Å². The Labute approximate surface area is 110 Å². The molecule has 0 radical (unpaired) electrons. The molecule has 1 aliphatic carbocycles. The number of nitriles is 1. The Hall–Kier alpha value is -1.33. The third kappa shape index (κ3) is 3.34. The Bertz CT molecular complexity index is 387. The van der Waals surface area contributed by atoms with Gasteiger partial charge in [-0.15, -0.1) is 0 Å². The van der Waals surface area contributed by atoms with E-state index in [1.165, 1.54) is 25.7 Å². The SMILES string of the molecule is CC(NCC(C#N)c1ccccc1)C1CCCC1.